The van der Waals surface area contributed by atoms with Gasteiger partial charge in [-0.25, -0.2) is 25.4 Å². The van der Waals surface area contributed by atoms with Crippen LogP contribution in [0.2, 0.25) is 0 Å². The van der Waals surface area contributed by atoms with Gasteiger partial charge in [0.15, 0.2) is 10.2 Å². The number of amidine groups is 2. The van der Waals surface area contributed by atoms with Gasteiger partial charge in [0.2, 0.25) is 20.0 Å². The zero-order chi connectivity index (χ0) is 62.6. The number of anilines is 2. The number of carbonyl (C=O) groups excluding carboxylic acids is 3. The quantitative estimate of drug-likeness (QED) is 0.0627. The molecular weight excluding hydrogens is 1170 g/mol. The lowest BCUT2D eigenvalue weighted by molar-refractivity contribution is -0.125. The number of nitrogens with one attached hydrogen (secondary N) is 3. The van der Waals surface area contributed by atoms with E-state index >= 15 is 0 Å². The Hall–Kier alpha value is -5.35. The van der Waals surface area contributed by atoms with E-state index in [0.717, 1.165) is 120 Å². The normalized spacial score (nSPS) is 21.7. The van der Waals surface area contributed by atoms with Gasteiger partial charge in [0, 0.05) is 75.7 Å². The molecule has 0 aromatic heterocycles. The van der Waals surface area contributed by atoms with Crippen LogP contribution >= 0.6 is 24.4 Å². The number of nitrogens with zero attached hydrogens (tertiary/aromatic N) is 6. The molecule has 0 atom stereocenters. The molecule has 2 saturated carbocycles. The van der Waals surface area contributed by atoms with Crippen LogP contribution in [0.1, 0.15) is 142 Å². The molecule has 4 aliphatic heterocycles. The van der Waals surface area contributed by atoms with Gasteiger partial charge in [0.25, 0.3) is 17.7 Å². The number of amides is 3. The fourth-order valence-corrected chi connectivity index (χ4v) is 15.6. The van der Waals surface area contributed by atoms with Crippen LogP contribution in [0.3, 0.4) is 0 Å². The fraction of sp³-hybridized carbons (Fsp3) is 0.590. The minimum absolute atomic E-state index is 0. The third kappa shape index (κ3) is 17.5. The maximum Gasteiger partial charge on any atom is 0.257 e. The summed E-state index contributed by atoms with van der Waals surface area (Å²) in [6.45, 7) is 15.6. The van der Waals surface area contributed by atoms with E-state index in [1.165, 1.54) is 4.31 Å². The Bertz CT molecular complexity index is 3120. The van der Waals surface area contributed by atoms with E-state index in [9.17, 15) is 31.2 Å². The molecule has 25 heteroatoms. The molecule has 21 nitrogen and oxygen atoms in total. The van der Waals surface area contributed by atoms with Crippen LogP contribution in [0.25, 0.3) is 0 Å². The number of hydrogen-bond donors (Lipinski definition) is 7. The van der Waals surface area contributed by atoms with E-state index in [2.05, 4.69) is 41.5 Å². The molecule has 3 amide bonds. The van der Waals surface area contributed by atoms with Crippen LogP contribution in [0.15, 0.2) is 64.6 Å². The molecule has 0 bridgehead atoms. The number of aliphatic hydroxyl groups excluding tert-OH is 1. The summed E-state index contributed by atoms with van der Waals surface area (Å²) in [7, 11) is -3.37. The molecule has 0 unspecified atom stereocenters. The molecule has 9 rings (SSSR count). The number of nitrogens with two attached hydrogens (primary N) is 3. The van der Waals surface area contributed by atoms with Crippen LogP contribution in [0.5, 0.6) is 0 Å². The monoisotopic (exact) mass is 1270 g/mol. The molecule has 4 fully saturated rings. The predicted octanol–water partition coefficient (Wildman–Crippen LogP) is 5.55. The first-order chi connectivity index (χ1) is 40.2. The highest BCUT2D eigenvalue weighted by molar-refractivity contribution is 7.89. The Morgan fingerprint density at radius 3 is 1.34 bits per heavy atom. The third-order valence-electron chi connectivity index (χ3n) is 17.9. The van der Waals surface area contributed by atoms with Gasteiger partial charge < -0.3 is 36.7 Å². The largest absolute Gasteiger partial charge is 0.412 e. The van der Waals surface area contributed by atoms with Crippen LogP contribution in [0.4, 0.5) is 11.4 Å². The Morgan fingerprint density at radius 2 is 1.00 bits per heavy atom. The molecule has 12 N–H and O–H groups in total. The number of carbonyl (C=O) groups is 3. The molecule has 476 valence electrons. The molecular formula is C61H94N12O9S4. The van der Waals surface area contributed by atoms with Gasteiger partial charge in [-0.3, -0.25) is 41.4 Å². The molecule has 2 saturated heterocycles. The van der Waals surface area contributed by atoms with Crippen molar-refractivity contribution in [2.24, 2.45) is 51.1 Å². The van der Waals surface area contributed by atoms with Crippen LogP contribution in [-0.4, -0.2) is 145 Å². The highest BCUT2D eigenvalue weighted by Crippen LogP contribution is 2.38. The second-order valence-electron chi connectivity index (χ2n) is 23.8. The number of piperidine rings is 2. The number of aryl methyl sites for hydroxylation is 4. The van der Waals surface area contributed by atoms with Gasteiger partial charge >= 0.3 is 0 Å². The van der Waals surface area contributed by atoms with Crippen molar-refractivity contribution in [2.75, 3.05) is 68.2 Å². The van der Waals surface area contributed by atoms with Crippen LogP contribution in [0, 0.1) is 51.4 Å². The predicted molar refractivity (Wildman–Crippen MR) is 352 cm³/mol. The molecule has 2 spiro atoms. The summed E-state index contributed by atoms with van der Waals surface area (Å²) in [5.41, 5.74) is 12.3. The second-order valence-corrected chi connectivity index (χ2v) is 28.8. The standard InChI is InChI=1S/C33H43N5O4S2.C26H39N5O3S2.C2H6O.H4N2.H2O/c1-22-10-12-25(13-11-22)29-34-31(40)33(36-29)15-17-38(18-16-33)44(41,42)19-14-28-23(2)20-27(21-24(28)3)37(4)32(43)35-30(39)26-8-6-5-7-9-26;1-17-5-7-20(8-6-17)23-28-24(32)26(29-23)10-12-31(13-11-26)36(33,34)14-9-22-18(2)15-21(16-19(22)3)30(4)25(27)35;1-2-3;1-2;/h5-9,20-22,25H,10-19H2,1-4H3,(H,34,36,40)(H,35,39,43);15-17,20H,5-14H2,1-4H3,(H2,27,35)(H,28,29,32);3H,2H2,1H3;1-2H2;1H2. The van der Waals surface area contributed by atoms with Crippen molar-refractivity contribution >= 4 is 95.5 Å². The lowest BCUT2D eigenvalue weighted by atomic mass is 9.82. The molecule has 2 aliphatic carbocycles. The number of hydrogen-bond acceptors (Lipinski definition) is 14. The molecule has 86 heavy (non-hydrogen) atoms. The third-order valence-corrected chi connectivity index (χ3v) is 22.3. The average Bonchev–Trinajstić information content (AvgIpc) is 3.28. The first-order valence-electron chi connectivity index (χ1n) is 29.8. The van der Waals surface area contributed by atoms with Crippen molar-refractivity contribution < 1.29 is 41.8 Å². The van der Waals surface area contributed by atoms with E-state index in [-0.39, 0.29) is 51.5 Å². The van der Waals surface area contributed by atoms with Crippen molar-refractivity contribution in [3.8, 4) is 0 Å². The minimum Gasteiger partial charge on any atom is -0.412 e. The minimum atomic E-state index is -3.52. The van der Waals surface area contributed by atoms with E-state index in [1.807, 2.05) is 65.1 Å². The molecule has 4 heterocycles. The van der Waals surface area contributed by atoms with Gasteiger partial charge in [-0.2, -0.15) is 0 Å². The number of benzene rings is 3. The molecule has 3 aromatic rings. The Balaban J connectivity index is 0.000000294. The number of aliphatic hydroxyl groups is 1. The summed E-state index contributed by atoms with van der Waals surface area (Å²) in [4.78, 5) is 51.8. The van der Waals surface area contributed by atoms with E-state index < -0.39 is 31.1 Å². The number of thiocarbonyl (C=S) groups is 2. The van der Waals surface area contributed by atoms with Gasteiger partial charge in [-0.1, -0.05) is 57.7 Å². The second kappa shape index (κ2) is 31.2. The number of rotatable bonds is 13. The lowest BCUT2D eigenvalue weighted by Crippen LogP contribution is -2.51. The summed E-state index contributed by atoms with van der Waals surface area (Å²) in [5.74, 6) is 11.4. The SMILES string of the molecule is CCO.Cc1cc(N(C)C(=S)NC(=O)c2ccccc2)cc(C)c1CCS(=O)(=O)N1CCC2(CC1)N=C(C1CCC(C)CC1)NC2=O.Cc1cc(N(C)C(N)=S)cc(C)c1CCS(=O)(=O)N1CCC2(CC1)N=C(C1CCC(C)CC1)NC2=O.NN.O. The number of aliphatic imine (C=N–C) groups is 2. The maximum absolute atomic E-state index is 13.4. The highest BCUT2D eigenvalue weighted by Gasteiger charge is 2.50. The summed E-state index contributed by atoms with van der Waals surface area (Å²) in [6, 6.07) is 16.8. The first kappa shape index (κ1) is 71.4. The van der Waals surface area contributed by atoms with E-state index in [0.29, 0.717) is 82.1 Å². The van der Waals surface area contributed by atoms with Crippen molar-refractivity contribution in [2.45, 2.75) is 149 Å². The average molecular weight is 1270 g/mol. The summed E-state index contributed by atoms with van der Waals surface area (Å²) < 4.78 is 56.3. The Morgan fingerprint density at radius 1 is 0.663 bits per heavy atom. The summed E-state index contributed by atoms with van der Waals surface area (Å²) in [6.07, 6.45) is 11.3. The van der Waals surface area contributed by atoms with Crippen molar-refractivity contribution in [3.63, 3.8) is 0 Å². The zero-order valence-electron chi connectivity index (χ0n) is 51.7. The zero-order valence-corrected chi connectivity index (χ0v) is 55.0. The maximum atomic E-state index is 13.4. The van der Waals surface area contributed by atoms with Crippen molar-refractivity contribution in [1.82, 2.24) is 24.6 Å². The fourth-order valence-electron chi connectivity index (χ4n) is 12.4. The van der Waals surface area contributed by atoms with Gasteiger partial charge in [0.05, 0.1) is 11.5 Å². The van der Waals surface area contributed by atoms with E-state index in [4.69, 9.17) is 45.3 Å². The van der Waals surface area contributed by atoms with Gasteiger partial charge in [-0.15, -0.1) is 0 Å². The van der Waals surface area contributed by atoms with Crippen LogP contribution in [-0.2, 0) is 42.5 Å². The number of sulfonamides is 2. The number of hydrazine groups is 1. The molecule has 0 radical (unpaired) electrons. The van der Waals surface area contributed by atoms with Gasteiger partial charge in [-0.05, 0) is 205 Å². The summed E-state index contributed by atoms with van der Waals surface area (Å²) in [5, 5.41) is 17.0. The molecule has 6 aliphatic rings. The molecule has 3 aromatic carbocycles. The van der Waals surface area contributed by atoms with Gasteiger partial charge in [0.1, 0.15) is 22.7 Å². The highest BCUT2D eigenvalue weighted by atomic mass is 32.2. The van der Waals surface area contributed by atoms with Crippen molar-refractivity contribution in [3.05, 3.63) is 93.5 Å². The van der Waals surface area contributed by atoms with Crippen LogP contribution < -0.4 is 43.2 Å². The Kier molecular flexibility index (Phi) is 25.9. The van der Waals surface area contributed by atoms with E-state index in [1.54, 1.807) is 52.3 Å². The van der Waals surface area contributed by atoms with Crippen molar-refractivity contribution in [1.29, 1.82) is 0 Å². The first-order valence-corrected chi connectivity index (χ1v) is 33.8. The Labute approximate surface area is 521 Å². The smallest absolute Gasteiger partial charge is 0.257 e. The summed E-state index contributed by atoms with van der Waals surface area (Å²) >= 11 is 10.6. The topological polar surface area (TPSA) is 323 Å². The lowest BCUT2D eigenvalue weighted by Gasteiger charge is -2.35.